The van der Waals surface area contributed by atoms with E-state index in [2.05, 4.69) is 20.6 Å². The maximum atomic E-state index is 11.5. The van der Waals surface area contributed by atoms with Gasteiger partial charge in [0.05, 0.1) is 30.2 Å². The number of sulfonamides is 1. The van der Waals surface area contributed by atoms with Gasteiger partial charge in [0.25, 0.3) is 0 Å². The van der Waals surface area contributed by atoms with Crippen LogP contribution in [-0.2, 0) is 16.6 Å². The summed E-state index contributed by atoms with van der Waals surface area (Å²) in [7, 11) is -0.725. The predicted molar refractivity (Wildman–Crippen MR) is 134 cm³/mol. The second-order valence-corrected chi connectivity index (χ2v) is 9.23. The first kappa shape index (κ1) is 24.7. The monoisotopic (exact) mass is 509 g/mol. The summed E-state index contributed by atoms with van der Waals surface area (Å²) in [6, 6.07) is 15.8. The fourth-order valence-corrected chi connectivity index (χ4v) is 3.97. The van der Waals surface area contributed by atoms with E-state index in [1.165, 1.54) is 38.5 Å². The standard InChI is InChI=1S/C24H23N5O6S/c1-34-20-11-18-19(12-21(20)35-2)28-24(27-16-7-5-15(6-8-16)23(30)31)29-22(18)26-13-14-3-9-17(10-4-14)36(25,32)33/h3-12H,13H2,1-2H3,(H,30,31)(H2,25,32,33)(H2,26,27,28,29). The van der Waals surface area contributed by atoms with E-state index in [4.69, 9.17) is 19.7 Å². The minimum atomic E-state index is -3.78. The van der Waals surface area contributed by atoms with Crippen LogP contribution in [0.2, 0.25) is 0 Å². The molecular formula is C24H23N5O6S. The summed E-state index contributed by atoms with van der Waals surface area (Å²) in [5.74, 6) is 0.725. The number of nitrogens with one attached hydrogen (secondary N) is 2. The van der Waals surface area contributed by atoms with Gasteiger partial charge in [-0.05, 0) is 48.0 Å². The van der Waals surface area contributed by atoms with Crippen molar-refractivity contribution in [3.63, 3.8) is 0 Å². The van der Waals surface area contributed by atoms with Crippen molar-refractivity contribution in [2.24, 2.45) is 5.14 Å². The third kappa shape index (κ3) is 5.45. The van der Waals surface area contributed by atoms with Gasteiger partial charge in [-0.2, -0.15) is 4.98 Å². The fourth-order valence-electron chi connectivity index (χ4n) is 3.45. The molecule has 0 aliphatic carbocycles. The average Bonchev–Trinajstić information content (AvgIpc) is 2.86. The van der Waals surface area contributed by atoms with Gasteiger partial charge < -0.3 is 25.2 Å². The van der Waals surface area contributed by atoms with Gasteiger partial charge in [-0.1, -0.05) is 12.1 Å². The van der Waals surface area contributed by atoms with Crippen molar-refractivity contribution in [1.82, 2.24) is 9.97 Å². The van der Waals surface area contributed by atoms with Crippen LogP contribution in [0.25, 0.3) is 10.9 Å². The zero-order valence-corrected chi connectivity index (χ0v) is 20.2. The number of carboxylic acid groups (broad SMARTS) is 1. The molecule has 4 aromatic rings. The number of aromatic carboxylic acids is 1. The molecule has 0 fully saturated rings. The highest BCUT2D eigenvalue weighted by Gasteiger charge is 2.14. The minimum Gasteiger partial charge on any atom is -0.493 e. The van der Waals surface area contributed by atoms with Crippen molar-refractivity contribution in [3.8, 4) is 11.5 Å². The van der Waals surface area contributed by atoms with E-state index in [-0.39, 0.29) is 16.4 Å². The Labute approximate surface area is 207 Å². The van der Waals surface area contributed by atoms with Crippen molar-refractivity contribution in [2.75, 3.05) is 24.9 Å². The Bertz CT molecular complexity index is 1520. The lowest BCUT2D eigenvalue weighted by Gasteiger charge is -2.15. The van der Waals surface area contributed by atoms with Crippen molar-refractivity contribution in [2.45, 2.75) is 11.4 Å². The number of hydrogen-bond acceptors (Lipinski definition) is 9. The van der Waals surface area contributed by atoms with E-state index in [0.717, 1.165) is 5.56 Å². The van der Waals surface area contributed by atoms with Crippen LogP contribution in [0.3, 0.4) is 0 Å². The Morgan fingerprint density at radius 1 is 0.972 bits per heavy atom. The maximum absolute atomic E-state index is 11.5. The number of primary sulfonamides is 1. The summed E-state index contributed by atoms with van der Waals surface area (Å²) >= 11 is 0. The zero-order chi connectivity index (χ0) is 25.9. The average molecular weight is 510 g/mol. The molecule has 0 aliphatic rings. The second kappa shape index (κ2) is 10.1. The minimum absolute atomic E-state index is 0.0240. The van der Waals surface area contributed by atoms with Crippen LogP contribution in [0.15, 0.2) is 65.6 Å². The molecular weight excluding hydrogens is 486 g/mol. The molecule has 0 spiro atoms. The molecule has 5 N–H and O–H groups in total. The molecule has 1 heterocycles. The van der Waals surface area contributed by atoms with Crippen LogP contribution < -0.4 is 25.2 Å². The van der Waals surface area contributed by atoms with E-state index >= 15 is 0 Å². The number of carboxylic acids is 1. The number of anilines is 3. The van der Waals surface area contributed by atoms with Crippen molar-refractivity contribution in [1.29, 1.82) is 0 Å². The number of hydrogen-bond donors (Lipinski definition) is 4. The van der Waals surface area contributed by atoms with Crippen LogP contribution in [0.4, 0.5) is 17.5 Å². The molecule has 36 heavy (non-hydrogen) atoms. The molecule has 4 rings (SSSR count). The smallest absolute Gasteiger partial charge is 0.335 e. The van der Waals surface area contributed by atoms with E-state index in [9.17, 15) is 13.2 Å². The van der Waals surface area contributed by atoms with E-state index in [1.54, 1.807) is 36.4 Å². The molecule has 0 saturated heterocycles. The third-order valence-corrected chi connectivity index (χ3v) is 6.23. The highest BCUT2D eigenvalue weighted by molar-refractivity contribution is 7.89. The Morgan fingerprint density at radius 3 is 2.19 bits per heavy atom. The van der Waals surface area contributed by atoms with Gasteiger partial charge in [-0.3, -0.25) is 0 Å². The number of methoxy groups -OCH3 is 2. The van der Waals surface area contributed by atoms with E-state index in [0.29, 0.717) is 40.5 Å². The van der Waals surface area contributed by atoms with Crippen LogP contribution in [-0.4, -0.2) is 43.7 Å². The van der Waals surface area contributed by atoms with Gasteiger partial charge in [0.15, 0.2) is 11.5 Å². The second-order valence-electron chi connectivity index (χ2n) is 7.67. The largest absolute Gasteiger partial charge is 0.493 e. The van der Waals surface area contributed by atoms with Gasteiger partial charge in [0.1, 0.15) is 5.82 Å². The van der Waals surface area contributed by atoms with Gasteiger partial charge in [0, 0.05) is 23.7 Å². The molecule has 1 aromatic heterocycles. The van der Waals surface area contributed by atoms with Gasteiger partial charge in [-0.25, -0.2) is 23.3 Å². The lowest BCUT2D eigenvalue weighted by atomic mass is 10.2. The third-order valence-electron chi connectivity index (χ3n) is 5.30. The molecule has 0 unspecified atom stereocenters. The number of ether oxygens (including phenoxy) is 2. The molecule has 0 aliphatic heterocycles. The van der Waals surface area contributed by atoms with Crippen LogP contribution in [0.1, 0.15) is 15.9 Å². The summed E-state index contributed by atoms with van der Waals surface area (Å²) in [5, 5.41) is 21.3. The summed E-state index contributed by atoms with van der Waals surface area (Å²) in [5.41, 5.74) is 2.13. The maximum Gasteiger partial charge on any atom is 0.335 e. The Kier molecular flexibility index (Phi) is 6.90. The SMILES string of the molecule is COc1cc2nc(Nc3ccc(C(=O)O)cc3)nc(NCc3ccc(S(N)(=O)=O)cc3)c2cc1OC. The molecule has 0 amide bonds. The van der Waals surface area contributed by atoms with Crippen molar-refractivity contribution in [3.05, 3.63) is 71.8 Å². The Hall–Kier alpha value is -4.42. The number of carbonyl (C=O) groups is 1. The molecule has 0 bridgehead atoms. The summed E-state index contributed by atoms with van der Waals surface area (Å²) in [6.07, 6.45) is 0. The van der Waals surface area contributed by atoms with Crippen molar-refractivity contribution < 1.29 is 27.8 Å². The summed E-state index contributed by atoms with van der Waals surface area (Å²) < 4.78 is 33.8. The molecule has 12 heteroatoms. The highest BCUT2D eigenvalue weighted by atomic mass is 32.2. The van der Waals surface area contributed by atoms with Crippen LogP contribution in [0.5, 0.6) is 11.5 Å². The molecule has 11 nitrogen and oxygen atoms in total. The first-order chi connectivity index (χ1) is 17.2. The number of aromatic nitrogens is 2. The topological polar surface area (TPSA) is 166 Å². The van der Waals surface area contributed by atoms with E-state index < -0.39 is 16.0 Å². The molecule has 0 saturated carbocycles. The molecule has 0 atom stereocenters. The molecule has 3 aromatic carbocycles. The first-order valence-electron chi connectivity index (χ1n) is 10.6. The number of nitrogens with two attached hydrogens (primary N) is 1. The lowest BCUT2D eigenvalue weighted by molar-refractivity contribution is 0.0697. The quantitative estimate of drug-likeness (QED) is 0.263. The Balaban J connectivity index is 1.69. The summed E-state index contributed by atoms with van der Waals surface area (Å²) in [6.45, 7) is 0.331. The van der Waals surface area contributed by atoms with Gasteiger partial charge in [0.2, 0.25) is 16.0 Å². The number of fused-ring (bicyclic) bond motifs is 1. The highest BCUT2D eigenvalue weighted by Crippen LogP contribution is 2.35. The van der Waals surface area contributed by atoms with Gasteiger partial charge >= 0.3 is 5.97 Å². The Morgan fingerprint density at radius 2 is 1.61 bits per heavy atom. The fraction of sp³-hybridized carbons (Fsp3) is 0.125. The van der Waals surface area contributed by atoms with Crippen molar-refractivity contribution >= 4 is 44.3 Å². The van der Waals surface area contributed by atoms with Gasteiger partial charge in [-0.15, -0.1) is 0 Å². The lowest BCUT2D eigenvalue weighted by Crippen LogP contribution is -2.12. The number of benzene rings is 3. The van der Waals surface area contributed by atoms with E-state index in [1.807, 2.05) is 0 Å². The normalized spacial score (nSPS) is 11.2. The molecule has 186 valence electrons. The number of rotatable bonds is 9. The summed E-state index contributed by atoms with van der Waals surface area (Å²) in [4.78, 5) is 20.3. The zero-order valence-electron chi connectivity index (χ0n) is 19.3. The first-order valence-corrected chi connectivity index (χ1v) is 12.1. The number of nitrogens with zero attached hydrogens (tertiary/aromatic N) is 2. The van der Waals surface area contributed by atoms with Crippen LogP contribution >= 0.6 is 0 Å². The van der Waals surface area contributed by atoms with Crippen LogP contribution in [0, 0.1) is 0 Å². The molecule has 0 radical (unpaired) electrons. The predicted octanol–water partition coefficient (Wildman–Crippen LogP) is 3.35.